The van der Waals surface area contributed by atoms with Crippen molar-refractivity contribution in [1.29, 1.82) is 0 Å². The monoisotopic (exact) mass is 366 g/mol. The molecule has 2 heterocycles. The van der Waals surface area contributed by atoms with Crippen LogP contribution in [0.25, 0.3) is 0 Å². The quantitative estimate of drug-likeness (QED) is 0.903. The van der Waals surface area contributed by atoms with E-state index in [2.05, 4.69) is 5.32 Å². The summed E-state index contributed by atoms with van der Waals surface area (Å²) in [7, 11) is 1.59. The van der Waals surface area contributed by atoms with Crippen molar-refractivity contribution in [2.75, 3.05) is 25.5 Å². The highest BCUT2D eigenvalue weighted by Gasteiger charge is 2.39. The molecule has 0 unspecified atom stereocenters. The van der Waals surface area contributed by atoms with Crippen LogP contribution in [0.2, 0.25) is 0 Å². The number of aryl methyl sites for hydroxylation is 1. The minimum absolute atomic E-state index is 0.0158. The first-order valence-corrected chi connectivity index (χ1v) is 9.03. The maximum atomic E-state index is 13.0. The molecule has 2 aliphatic heterocycles. The predicted octanol–water partition coefficient (Wildman–Crippen LogP) is 2.72. The fourth-order valence-electron chi connectivity index (χ4n) is 3.58. The lowest BCUT2D eigenvalue weighted by Crippen LogP contribution is -2.57. The average Bonchev–Trinajstić information content (AvgIpc) is 2.63. The number of nitrogens with zero attached hydrogens (tertiary/aromatic N) is 1. The van der Waals surface area contributed by atoms with Crippen LogP contribution in [0.4, 0.5) is 5.69 Å². The van der Waals surface area contributed by atoms with E-state index in [4.69, 9.17) is 9.47 Å². The van der Waals surface area contributed by atoms with Crippen molar-refractivity contribution in [2.45, 2.75) is 25.4 Å². The smallest absolute Gasteiger partial charge is 0.230 e. The Morgan fingerprint density at radius 3 is 2.70 bits per heavy atom. The molecule has 1 N–H and O–H groups in total. The normalized spacial score (nSPS) is 19.0. The number of carbonyl (C=O) groups is 2. The van der Waals surface area contributed by atoms with Gasteiger partial charge in [-0.1, -0.05) is 12.1 Å². The van der Waals surface area contributed by atoms with E-state index >= 15 is 0 Å². The van der Waals surface area contributed by atoms with Crippen LogP contribution in [-0.2, 0) is 9.59 Å². The second-order valence-electron chi connectivity index (χ2n) is 7.06. The second kappa shape index (κ2) is 6.95. The molecule has 6 nitrogen and oxygen atoms in total. The molecule has 6 heteroatoms. The summed E-state index contributed by atoms with van der Waals surface area (Å²) in [5.41, 5.74) is 2.62. The summed E-state index contributed by atoms with van der Waals surface area (Å²) in [5, 5.41) is 2.83. The van der Waals surface area contributed by atoms with Gasteiger partial charge < -0.3 is 19.7 Å². The second-order valence-corrected chi connectivity index (χ2v) is 7.06. The van der Waals surface area contributed by atoms with Gasteiger partial charge in [0.15, 0.2) is 0 Å². The number of ether oxygens (including phenoxy) is 2. The fraction of sp³-hybridized carbons (Fsp3) is 0.333. The highest BCUT2D eigenvalue weighted by Crippen LogP contribution is 2.37. The molecule has 4 rings (SSSR count). The molecule has 140 valence electrons. The highest BCUT2D eigenvalue weighted by molar-refractivity contribution is 6.01. The number of likely N-dealkylation sites (tertiary alicyclic amines) is 1. The van der Waals surface area contributed by atoms with Gasteiger partial charge in [-0.25, -0.2) is 0 Å². The Hall–Kier alpha value is -3.02. The van der Waals surface area contributed by atoms with E-state index in [-0.39, 0.29) is 24.3 Å². The first-order valence-electron chi connectivity index (χ1n) is 9.03. The van der Waals surface area contributed by atoms with E-state index in [1.54, 1.807) is 24.1 Å². The Kier molecular flexibility index (Phi) is 4.48. The van der Waals surface area contributed by atoms with Crippen LogP contribution >= 0.6 is 0 Å². The fourth-order valence-corrected chi connectivity index (χ4v) is 3.58. The summed E-state index contributed by atoms with van der Waals surface area (Å²) < 4.78 is 11.2. The molecule has 2 aliphatic rings. The van der Waals surface area contributed by atoms with Crippen molar-refractivity contribution in [1.82, 2.24) is 4.90 Å². The molecule has 1 fully saturated rings. The number of hydrogen-bond acceptors (Lipinski definition) is 4. The summed E-state index contributed by atoms with van der Waals surface area (Å²) in [6, 6.07) is 13.3. The minimum Gasteiger partial charge on any atom is -0.497 e. The summed E-state index contributed by atoms with van der Waals surface area (Å²) in [5.74, 6) is 0.831. The molecular weight excluding hydrogens is 344 g/mol. The summed E-state index contributed by atoms with van der Waals surface area (Å²) >= 11 is 0. The van der Waals surface area contributed by atoms with Crippen molar-refractivity contribution >= 4 is 17.5 Å². The molecule has 2 aromatic rings. The van der Waals surface area contributed by atoms with Gasteiger partial charge in [-0.3, -0.25) is 9.59 Å². The summed E-state index contributed by atoms with van der Waals surface area (Å²) in [6.07, 6.45) is 0.136. The largest absolute Gasteiger partial charge is 0.497 e. The van der Waals surface area contributed by atoms with Crippen LogP contribution in [0.15, 0.2) is 42.5 Å². The number of fused-ring (bicyclic) bond motifs is 1. The van der Waals surface area contributed by atoms with Crippen LogP contribution in [-0.4, -0.2) is 43.0 Å². The minimum atomic E-state index is -0.483. The van der Waals surface area contributed by atoms with Gasteiger partial charge in [0.1, 0.15) is 17.6 Å². The zero-order chi connectivity index (χ0) is 19.0. The topological polar surface area (TPSA) is 67.9 Å². The molecule has 1 saturated heterocycles. The number of amides is 2. The van der Waals surface area contributed by atoms with Crippen LogP contribution in [0.5, 0.6) is 11.5 Å². The third-order valence-corrected chi connectivity index (χ3v) is 5.05. The first-order chi connectivity index (χ1) is 13.0. The first kappa shape index (κ1) is 17.4. The molecule has 27 heavy (non-hydrogen) atoms. The number of carbonyl (C=O) groups excluding carboxylic acids is 2. The third kappa shape index (κ3) is 3.47. The van der Waals surface area contributed by atoms with Crippen LogP contribution in [0.1, 0.15) is 23.5 Å². The van der Waals surface area contributed by atoms with E-state index in [0.717, 1.165) is 16.9 Å². The SMILES string of the molecule is COc1ccc2c(c1)[C@H](C(=O)N1CC(Oc3cccc(C)c3)C1)CC(=O)N2. The summed E-state index contributed by atoms with van der Waals surface area (Å²) in [6.45, 7) is 3.08. The summed E-state index contributed by atoms with van der Waals surface area (Å²) in [4.78, 5) is 26.8. The molecule has 0 spiro atoms. The van der Waals surface area contributed by atoms with Gasteiger partial charge in [0.25, 0.3) is 0 Å². The molecule has 0 bridgehead atoms. The number of anilines is 1. The van der Waals surface area contributed by atoms with Crippen LogP contribution in [0.3, 0.4) is 0 Å². The van der Waals surface area contributed by atoms with Crippen LogP contribution < -0.4 is 14.8 Å². The number of rotatable bonds is 4. The Morgan fingerprint density at radius 2 is 1.96 bits per heavy atom. The molecule has 2 amide bonds. The molecule has 2 aromatic carbocycles. The van der Waals surface area contributed by atoms with Gasteiger partial charge in [0, 0.05) is 12.1 Å². The maximum Gasteiger partial charge on any atom is 0.230 e. The van der Waals surface area contributed by atoms with Crippen molar-refractivity contribution in [3.63, 3.8) is 0 Å². The Labute approximate surface area is 158 Å². The van der Waals surface area contributed by atoms with E-state index < -0.39 is 5.92 Å². The lowest BCUT2D eigenvalue weighted by molar-refractivity contribution is -0.143. The van der Waals surface area contributed by atoms with E-state index in [9.17, 15) is 9.59 Å². The number of hydrogen-bond donors (Lipinski definition) is 1. The predicted molar refractivity (Wildman–Crippen MR) is 101 cm³/mol. The number of benzene rings is 2. The van der Waals surface area contributed by atoms with Gasteiger partial charge in [0.2, 0.25) is 11.8 Å². The van der Waals surface area contributed by atoms with Crippen molar-refractivity contribution in [3.8, 4) is 11.5 Å². The molecular formula is C21H22N2O4. The molecule has 0 radical (unpaired) electrons. The standard InChI is InChI=1S/C21H22N2O4/c1-13-4-3-5-15(8-13)27-16-11-23(12-16)21(25)18-10-20(24)22-19-7-6-14(26-2)9-17(18)19/h3-9,16,18H,10-12H2,1-2H3,(H,22,24)/t18-/m1/s1. The Morgan fingerprint density at radius 1 is 1.15 bits per heavy atom. The maximum absolute atomic E-state index is 13.0. The van der Waals surface area contributed by atoms with Crippen molar-refractivity contribution in [2.24, 2.45) is 0 Å². The Bertz CT molecular complexity index is 890. The van der Waals surface area contributed by atoms with Gasteiger partial charge in [-0.05, 0) is 48.4 Å². The van der Waals surface area contributed by atoms with Crippen LogP contribution in [0, 0.1) is 6.92 Å². The molecule has 0 aliphatic carbocycles. The van der Waals surface area contributed by atoms with E-state index in [1.807, 2.05) is 37.3 Å². The lowest BCUT2D eigenvalue weighted by Gasteiger charge is -2.41. The average molecular weight is 366 g/mol. The van der Waals surface area contributed by atoms with Crippen molar-refractivity contribution < 1.29 is 19.1 Å². The molecule has 0 aromatic heterocycles. The molecule has 0 saturated carbocycles. The van der Waals surface area contributed by atoms with Gasteiger partial charge in [-0.2, -0.15) is 0 Å². The lowest BCUT2D eigenvalue weighted by atomic mass is 9.88. The van der Waals surface area contributed by atoms with E-state index in [0.29, 0.717) is 24.5 Å². The number of methoxy groups -OCH3 is 1. The molecule has 1 atom stereocenters. The van der Waals surface area contributed by atoms with Gasteiger partial charge >= 0.3 is 0 Å². The zero-order valence-electron chi connectivity index (χ0n) is 15.4. The number of nitrogens with one attached hydrogen (secondary N) is 1. The third-order valence-electron chi connectivity index (χ3n) is 5.05. The van der Waals surface area contributed by atoms with Gasteiger partial charge in [-0.15, -0.1) is 0 Å². The van der Waals surface area contributed by atoms with E-state index in [1.165, 1.54) is 0 Å². The Balaban J connectivity index is 1.44. The highest BCUT2D eigenvalue weighted by atomic mass is 16.5. The zero-order valence-corrected chi connectivity index (χ0v) is 15.4. The van der Waals surface area contributed by atoms with Gasteiger partial charge in [0.05, 0.1) is 26.1 Å². The van der Waals surface area contributed by atoms with Crippen molar-refractivity contribution in [3.05, 3.63) is 53.6 Å².